The molecule has 1 atom stereocenters. The maximum absolute atomic E-state index is 13.0. The van der Waals surface area contributed by atoms with Gasteiger partial charge in [0.15, 0.2) is 0 Å². The molecule has 0 radical (unpaired) electrons. The highest BCUT2D eigenvalue weighted by atomic mass is 35.5. The molecule has 1 heterocycles. The van der Waals surface area contributed by atoms with E-state index in [-0.39, 0.29) is 13.0 Å². The monoisotopic (exact) mass is 223 g/mol. The molecule has 0 spiro atoms. The lowest BCUT2D eigenvalue weighted by atomic mass is 10.1. The van der Waals surface area contributed by atoms with Crippen LogP contribution in [0.25, 0.3) is 0 Å². The average molecular weight is 224 g/mol. The maximum atomic E-state index is 13.0. The molecule has 1 aliphatic rings. The van der Waals surface area contributed by atoms with Gasteiger partial charge < -0.3 is 5.73 Å². The highest BCUT2D eigenvalue weighted by Gasteiger charge is 2.71. The van der Waals surface area contributed by atoms with Crippen LogP contribution >= 0.6 is 22.9 Å². The molecule has 0 aromatic carbocycles. The van der Waals surface area contributed by atoms with E-state index in [2.05, 4.69) is 0 Å². The van der Waals surface area contributed by atoms with Crippen LogP contribution in [0.15, 0.2) is 11.4 Å². The van der Waals surface area contributed by atoms with Gasteiger partial charge in [-0.3, -0.25) is 0 Å². The fourth-order valence-corrected chi connectivity index (χ4v) is 2.83. The second-order valence-electron chi connectivity index (χ2n) is 3.30. The fraction of sp³-hybridized carbons (Fsp3) is 0.500. The first-order valence-electron chi connectivity index (χ1n) is 3.84. The van der Waals surface area contributed by atoms with Crippen LogP contribution < -0.4 is 5.73 Å². The number of rotatable bonds is 2. The Morgan fingerprint density at radius 3 is 2.54 bits per heavy atom. The van der Waals surface area contributed by atoms with Gasteiger partial charge in [-0.1, -0.05) is 11.6 Å². The summed E-state index contributed by atoms with van der Waals surface area (Å²) in [6.45, 7) is -0.0170. The second kappa shape index (κ2) is 2.65. The van der Waals surface area contributed by atoms with Crippen molar-refractivity contribution in [2.75, 3.05) is 6.54 Å². The Balaban J connectivity index is 2.35. The predicted octanol–water partition coefficient (Wildman–Crippen LogP) is 2.64. The molecule has 13 heavy (non-hydrogen) atoms. The summed E-state index contributed by atoms with van der Waals surface area (Å²) >= 11 is 6.92. The first-order chi connectivity index (χ1) is 6.02. The van der Waals surface area contributed by atoms with E-state index in [1.54, 1.807) is 11.4 Å². The van der Waals surface area contributed by atoms with Gasteiger partial charge in [-0.05, 0) is 6.07 Å². The van der Waals surface area contributed by atoms with Gasteiger partial charge in [-0.2, -0.15) is 0 Å². The van der Waals surface area contributed by atoms with Crippen molar-refractivity contribution in [2.45, 2.75) is 17.8 Å². The zero-order chi connectivity index (χ0) is 9.69. The molecule has 2 N–H and O–H groups in total. The van der Waals surface area contributed by atoms with Crippen molar-refractivity contribution in [3.63, 3.8) is 0 Å². The molecule has 2 rings (SSSR count). The molecule has 1 aliphatic carbocycles. The summed E-state index contributed by atoms with van der Waals surface area (Å²) in [5.41, 5.74) is 4.25. The summed E-state index contributed by atoms with van der Waals surface area (Å²) in [5, 5.41) is 2.17. The summed E-state index contributed by atoms with van der Waals surface area (Å²) in [7, 11) is 0. The number of nitrogens with two attached hydrogens (primary N) is 1. The number of hydrogen-bond donors (Lipinski definition) is 1. The van der Waals surface area contributed by atoms with E-state index in [1.165, 1.54) is 11.3 Å². The Morgan fingerprint density at radius 2 is 2.23 bits per heavy atom. The number of hydrogen-bond acceptors (Lipinski definition) is 2. The second-order valence-corrected chi connectivity index (χ2v) is 4.64. The molecule has 1 saturated carbocycles. The lowest BCUT2D eigenvalue weighted by Gasteiger charge is -2.10. The third-order valence-electron chi connectivity index (χ3n) is 2.49. The van der Waals surface area contributed by atoms with Crippen LogP contribution in [0, 0.1) is 0 Å². The van der Waals surface area contributed by atoms with Crippen molar-refractivity contribution in [3.05, 3.63) is 21.3 Å². The van der Waals surface area contributed by atoms with Crippen LogP contribution in [-0.4, -0.2) is 12.5 Å². The predicted molar refractivity (Wildman–Crippen MR) is 49.6 cm³/mol. The Hall–Kier alpha value is -0.190. The summed E-state index contributed by atoms with van der Waals surface area (Å²) in [5.74, 6) is -2.64. The third-order valence-corrected chi connectivity index (χ3v) is 3.97. The summed E-state index contributed by atoms with van der Waals surface area (Å²) in [6.07, 6.45) is -0.145. The smallest absolute Gasteiger partial charge is 0.261 e. The third kappa shape index (κ3) is 1.20. The minimum Gasteiger partial charge on any atom is -0.329 e. The zero-order valence-electron chi connectivity index (χ0n) is 6.69. The molecule has 5 heteroatoms. The molecule has 1 fully saturated rings. The van der Waals surface area contributed by atoms with E-state index in [4.69, 9.17) is 17.3 Å². The van der Waals surface area contributed by atoms with Gasteiger partial charge in [0, 0.05) is 23.2 Å². The molecule has 1 unspecified atom stereocenters. The Morgan fingerprint density at radius 1 is 1.62 bits per heavy atom. The van der Waals surface area contributed by atoms with E-state index < -0.39 is 11.3 Å². The lowest BCUT2D eigenvalue weighted by molar-refractivity contribution is 0.0904. The molecular weight excluding hydrogens is 216 g/mol. The highest BCUT2D eigenvalue weighted by Crippen LogP contribution is 2.62. The fourth-order valence-electron chi connectivity index (χ4n) is 1.49. The van der Waals surface area contributed by atoms with Gasteiger partial charge in [0.25, 0.3) is 5.92 Å². The van der Waals surface area contributed by atoms with E-state index in [0.29, 0.717) is 9.90 Å². The molecule has 0 amide bonds. The van der Waals surface area contributed by atoms with Crippen molar-refractivity contribution >= 4 is 22.9 Å². The van der Waals surface area contributed by atoms with E-state index in [0.717, 1.165) is 0 Å². The summed E-state index contributed by atoms with van der Waals surface area (Å²) in [6, 6.07) is 1.58. The lowest BCUT2D eigenvalue weighted by Crippen LogP contribution is -2.25. The standard InChI is InChI=1S/C8H8ClF2NS/c9-5-1-6(13-2-5)7(4-12)3-8(7,10)11/h1-2H,3-4,12H2. The van der Waals surface area contributed by atoms with Crippen LogP contribution in [0.4, 0.5) is 8.78 Å². The van der Waals surface area contributed by atoms with Crippen LogP contribution in [0.5, 0.6) is 0 Å². The maximum Gasteiger partial charge on any atom is 0.261 e. The molecule has 72 valence electrons. The normalized spacial score (nSPS) is 30.5. The Bertz CT molecular complexity index is 339. The van der Waals surface area contributed by atoms with Crippen LogP contribution in [0.1, 0.15) is 11.3 Å². The van der Waals surface area contributed by atoms with Crippen molar-refractivity contribution < 1.29 is 8.78 Å². The first kappa shape index (κ1) is 9.37. The van der Waals surface area contributed by atoms with Crippen molar-refractivity contribution in [1.82, 2.24) is 0 Å². The first-order valence-corrected chi connectivity index (χ1v) is 5.10. The molecule has 1 aromatic heterocycles. The molecule has 0 aliphatic heterocycles. The molecule has 1 nitrogen and oxygen atoms in total. The van der Waals surface area contributed by atoms with Crippen LogP contribution in [-0.2, 0) is 5.41 Å². The van der Waals surface area contributed by atoms with E-state index in [9.17, 15) is 8.78 Å². The SMILES string of the molecule is NCC1(c2cc(Cl)cs2)CC1(F)F. The van der Waals surface area contributed by atoms with Gasteiger partial charge in [-0.25, -0.2) is 8.78 Å². The van der Waals surface area contributed by atoms with Gasteiger partial charge in [-0.15, -0.1) is 11.3 Å². The Kier molecular flexibility index (Phi) is 1.91. The Labute approximate surface area is 83.5 Å². The highest BCUT2D eigenvalue weighted by molar-refractivity contribution is 7.10. The largest absolute Gasteiger partial charge is 0.329 e. The number of halogens is 3. The van der Waals surface area contributed by atoms with E-state index in [1.807, 2.05) is 0 Å². The minimum atomic E-state index is -2.64. The molecule has 1 aromatic rings. The van der Waals surface area contributed by atoms with E-state index >= 15 is 0 Å². The van der Waals surface area contributed by atoms with Crippen LogP contribution in [0.2, 0.25) is 5.02 Å². The molecular formula is C8H8ClF2NS. The zero-order valence-corrected chi connectivity index (χ0v) is 8.26. The van der Waals surface area contributed by atoms with Gasteiger partial charge in [0.2, 0.25) is 0 Å². The van der Waals surface area contributed by atoms with Crippen LogP contribution in [0.3, 0.4) is 0 Å². The van der Waals surface area contributed by atoms with Gasteiger partial charge >= 0.3 is 0 Å². The minimum absolute atomic E-state index is 0.0170. The average Bonchev–Trinajstić information content (AvgIpc) is 2.43. The molecule has 0 saturated heterocycles. The van der Waals surface area contributed by atoms with Gasteiger partial charge in [0.05, 0.1) is 10.4 Å². The van der Waals surface area contributed by atoms with Crippen molar-refractivity contribution in [2.24, 2.45) is 5.73 Å². The van der Waals surface area contributed by atoms with Crippen molar-refractivity contribution in [1.29, 1.82) is 0 Å². The summed E-state index contributed by atoms with van der Waals surface area (Å²) < 4.78 is 26.1. The quantitative estimate of drug-likeness (QED) is 0.820. The number of thiophene rings is 1. The van der Waals surface area contributed by atoms with Gasteiger partial charge in [0.1, 0.15) is 0 Å². The summed E-state index contributed by atoms with van der Waals surface area (Å²) in [4.78, 5) is 0.602. The molecule has 0 bridgehead atoms. The number of alkyl halides is 2. The van der Waals surface area contributed by atoms with Crippen molar-refractivity contribution in [3.8, 4) is 0 Å². The topological polar surface area (TPSA) is 26.0 Å².